The molecular formula is C23H18ClF6N7O3. The van der Waals surface area contributed by atoms with Crippen molar-refractivity contribution in [3.8, 4) is 11.4 Å². The summed E-state index contributed by atoms with van der Waals surface area (Å²) in [6, 6.07) is 1.16. The normalized spacial score (nSPS) is 12.7. The van der Waals surface area contributed by atoms with Crippen molar-refractivity contribution in [2.45, 2.75) is 38.2 Å². The Labute approximate surface area is 225 Å². The molecule has 1 atom stereocenters. The molecule has 0 radical (unpaired) electrons. The maximum Gasteiger partial charge on any atom is 0.423 e. The fraction of sp³-hybridized carbons (Fsp3) is 0.304. The third-order valence-electron chi connectivity index (χ3n) is 5.65. The van der Waals surface area contributed by atoms with Crippen LogP contribution < -0.4 is 16.4 Å². The van der Waals surface area contributed by atoms with Crippen molar-refractivity contribution < 1.29 is 31.1 Å². The molecule has 0 unspecified atom stereocenters. The number of nitrogens with one attached hydrogen (secondary N) is 2. The van der Waals surface area contributed by atoms with Crippen molar-refractivity contribution >= 4 is 28.2 Å². The van der Waals surface area contributed by atoms with Gasteiger partial charge in [0.05, 0.1) is 46.3 Å². The number of H-pyrrole nitrogens is 1. The first-order valence-corrected chi connectivity index (χ1v) is 11.8. The summed E-state index contributed by atoms with van der Waals surface area (Å²) in [4.78, 5) is 36.7. The van der Waals surface area contributed by atoms with E-state index in [9.17, 15) is 35.9 Å². The number of aromatic amines is 1. The molecule has 0 saturated heterocycles. The minimum atomic E-state index is -5.05. The summed E-state index contributed by atoms with van der Waals surface area (Å²) in [5.74, 6) is -0.754. The second-order valence-electron chi connectivity index (χ2n) is 8.38. The number of hydrogen-bond acceptors (Lipinski definition) is 8. The zero-order valence-electron chi connectivity index (χ0n) is 20.1. The third kappa shape index (κ3) is 6.74. The predicted molar refractivity (Wildman–Crippen MR) is 130 cm³/mol. The Morgan fingerprint density at radius 3 is 2.50 bits per heavy atom. The molecule has 0 aliphatic heterocycles. The number of aryl methyl sites for hydroxylation is 1. The summed E-state index contributed by atoms with van der Waals surface area (Å²) in [5.41, 5.74) is -4.28. The van der Waals surface area contributed by atoms with E-state index in [1.807, 2.05) is 0 Å². The van der Waals surface area contributed by atoms with E-state index in [1.165, 1.54) is 24.8 Å². The van der Waals surface area contributed by atoms with E-state index in [1.54, 1.807) is 5.10 Å². The Morgan fingerprint density at radius 2 is 1.82 bits per heavy atom. The molecule has 0 amide bonds. The minimum absolute atomic E-state index is 0.00534. The molecule has 3 aromatic heterocycles. The summed E-state index contributed by atoms with van der Waals surface area (Å²) in [5, 5.41) is 7.57. The first-order chi connectivity index (χ1) is 18.9. The Hall–Kier alpha value is -4.05. The van der Waals surface area contributed by atoms with E-state index in [4.69, 9.17) is 11.6 Å². The maximum absolute atomic E-state index is 14.8. The van der Waals surface area contributed by atoms with Crippen LogP contribution >= 0.6 is 11.6 Å². The lowest BCUT2D eigenvalue weighted by Crippen LogP contribution is -2.32. The van der Waals surface area contributed by atoms with Crippen LogP contribution in [0.4, 0.5) is 32.0 Å². The molecule has 17 heteroatoms. The van der Waals surface area contributed by atoms with Crippen molar-refractivity contribution in [3.05, 3.63) is 74.2 Å². The second kappa shape index (κ2) is 12.0. The standard InChI is InChI=1S/C23H18ClF6N7O3/c24-11-6-31-19(32-7-11)13-5-16-14(4-15(13)25)21(39)37(10-33-16)3-1-2-12(9-40-22(26)27)35-17-8-34-36-20(38)18(17)23(28,29)30/h4-8,10,12,22H,1-3,9H2,(H2,35,36,38)/t12-/m1/s1. The van der Waals surface area contributed by atoms with Gasteiger partial charge in [-0.05, 0) is 25.0 Å². The highest BCUT2D eigenvalue weighted by Crippen LogP contribution is 2.32. The lowest BCUT2D eigenvalue weighted by atomic mass is 10.1. The van der Waals surface area contributed by atoms with Crippen LogP contribution in [0.15, 0.2) is 46.6 Å². The van der Waals surface area contributed by atoms with Gasteiger partial charge in [0.2, 0.25) is 0 Å². The zero-order valence-corrected chi connectivity index (χ0v) is 20.8. The van der Waals surface area contributed by atoms with Gasteiger partial charge in [0, 0.05) is 25.0 Å². The molecule has 0 spiro atoms. The van der Waals surface area contributed by atoms with Gasteiger partial charge in [0.1, 0.15) is 11.4 Å². The molecule has 10 nitrogen and oxygen atoms in total. The highest BCUT2D eigenvalue weighted by Gasteiger charge is 2.37. The number of anilines is 1. The van der Waals surface area contributed by atoms with Gasteiger partial charge in [0.15, 0.2) is 5.82 Å². The van der Waals surface area contributed by atoms with Crippen LogP contribution in [0.1, 0.15) is 18.4 Å². The van der Waals surface area contributed by atoms with E-state index in [-0.39, 0.29) is 46.7 Å². The fourth-order valence-corrected chi connectivity index (χ4v) is 3.96. The summed E-state index contributed by atoms with van der Waals surface area (Å²) in [6.07, 6.45) is -0.582. The number of halogens is 7. The van der Waals surface area contributed by atoms with Crippen LogP contribution in [-0.2, 0) is 17.5 Å². The van der Waals surface area contributed by atoms with Gasteiger partial charge in [0.25, 0.3) is 11.1 Å². The average molecular weight is 590 g/mol. The highest BCUT2D eigenvalue weighted by molar-refractivity contribution is 6.30. The molecule has 212 valence electrons. The van der Waals surface area contributed by atoms with E-state index in [2.05, 4.69) is 30.1 Å². The number of ether oxygens (including phenoxy) is 1. The van der Waals surface area contributed by atoms with Gasteiger partial charge >= 0.3 is 12.8 Å². The van der Waals surface area contributed by atoms with Gasteiger partial charge in [-0.25, -0.2) is 24.4 Å². The molecule has 0 saturated carbocycles. The molecule has 2 N–H and O–H groups in total. The molecule has 1 aromatic carbocycles. The van der Waals surface area contributed by atoms with Crippen LogP contribution in [0.2, 0.25) is 5.02 Å². The third-order valence-corrected chi connectivity index (χ3v) is 5.84. The topological polar surface area (TPSA) is 128 Å². The molecule has 4 rings (SSSR count). The lowest BCUT2D eigenvalue weighted by Gasteiger charge is -2.22. The summed E-state index contributed by atoms with van der Waals surface area (Å²) >= 11 is 5.76. The van der Waals surface area contributed by atoms with Gasteiger partial charge < -0.3 is 10.1 Å². The van der Waals surface area contributed by atoms with Crippen molar-refractivity contribution in [1.29, 1.82) is 0 Å². The monoisotopic (exact) mass is 589 g/mol. The number of nitrogens with zero attached hydrogens (tertiary/aromatic N) is 5. The average Bonchev–Trinajstić information content (AvgIpc) is 2.88. The lowest BCUT2D eigenvalue weighted by molar-refractivity contribution is -0.138. The Balaban J connectivity index is 1.52. The number of hydrogen-bond donors (Lipinski definition) is 2. The smallest absolute Gasteiger partial charge is 0.378 e. The molecule has 40 heavy (non-hydrogen) atoms. The number of aromatic nitrogens is 6. The number of alkyl halides is 5. The summed E-state index contributed by atoms with van der Waals surface area (Å²) in [6.45, 7) is -3.96. The van der Waals surface area contributed by atoms with E-state index < -0.39 is 53.6 Å². The van der Waals surface area contributed by atoms with Gasteiger partial charge in [-0.15, -0.1) is 0 Å². The van der Waals surface area contributed by atoms with Gasteiger partial charge in [-0.1, -0.05) is 11.6 Å². The maximum atomic E-state index is 14.8. The molecule has 0 aliphatic rings. The minimum Gasteiger partial charge on any atom is -0.378 e. The largest absolute Gasteiger partial charge is 0.423 e. The molecule has 4 aromatic rings. The molecule has 0 aliphatic carbocycles. The number of benzene rings is 1. The van der Waals surface area contributed by atoms with Crippen LogP contribution in [-0.4, -0.2) is 49.0 Å². The van der Waals surface area contributed by atoms with E-state index in [0.29, 0.717) is 6.20 Å². The van der Waals surface area contributed by atoms with Crippen LogP contribution in [0.5, 0.6) is 0 Å². The number of rotatable bonds is 10. The quantitative estimate of drug-likeness (QED) is 0.263. The van der Waals surface area contributed by atoms with E-state index in [0.717, 1.165) is 10.6 Å². The highest BCUT2D eigenvalue weighted by atomic mass is 35.5. The molecule has 0 bridgehead atoms. The Morgan fingerprint density at radius 1 is 1.10 bits per heavy atom. The van der Waals surface area contributed by atoms with Crippen molar-refractivity contribution in [2.75, 3.05) is 11.9 Å². The SMILES string of the molecule is O=c1[nH]ncc(N[C@H](CCCn2cnc3cc(-c4ncc(Cl)cn4)c(F)cc3c2=O)COC(F)F)c1C(F)(F)F. The van der Waals surface area contributed by atoms with Crippen LogP contribution in [0.3, 0.4) is 0 Å². The van der Waals surface area contributed by atoms with Crippen molar-refractivity contribution in [3.63, 3.8) is 0 Å². The van der Waals surface area contributed by atoms with Crippen molar-refractivity contribution in [1.82, 2.24) is 29.7 Å². The first-order valence-electron chi connectivity index (χ1n) is 11.4. The molecular weight excluding hydrogens is 572 g/mol. The fourth-order valence-electron chi connectivity index (χ4n) is 3.86. The molecule has 0 fully saturated rings. The van der Waals surface area contributed by atoms with Gasteiger partial charge in [-0.3, -0.25) is 14.2 Å². The summed E-state index contributed by atoms with van der Waals surface area (Å²) < 4.78 is 85.6. The molecule has 3 heterocycles. The first kappa shape index (κ1) is 28.9. The Bertz CT molecular complexity index is 1610. The summed E-state index contributed by atoms with van der Waals surface area (Å²) in [7, 11) is 0. The van der Waals surface area contributed by atoms with Crippen LogP contribution in [0, 0.1) is 5.82 Å². The zero-order chi connectivity index (χ0) is 29.0. The number of fused-ring (bicyclic) bond motifs is 1. The Kier molecular flexibility index (Phi) is 8.68. The van der Waals surface area contributed by atoms with Gasteiger partial charge in [-0.2, -0.15) is 27.1 Å². The predicted octanol–water partition coefficient (Wildman–Crippen LogP) is 4.25. The van der Waals surface area contributed by atoms with Crippen LogP contribution in [0.25, 0.3) is 22.3 Å². The van der Waals surface area contributed by atoms with E-state index >= 15 is 0 Å². The van der Waals surface area contributed by atoms with Crippen molar-refractivity contribution in [2.24, 2.45) is 0 Å². The second-order valence-corrected chi connectivity index (χ2v) is 8.82.